The molecule has 0 aliphatic heterocycles. The predicted octanol–water partition coefficient (Wildman–Crippen LogP) is 3.42. The fourth-order valence-corrected chi connectivity index (χ4v) is 2.57. The maximum atomic E-state index is 12.2. The summed E-state index contributed by atoms with van der Waals surface area (Å²) in [6, 6.07) is 15.5. The van der Waals surface area contributed by atoms with Gasteiger partial charge < -0.3 is 10.6 Å². The van der Waals surface area contributed by atoms with Crippen LogP contribution in [0.5, 0.6) is 0 Å². The van der Waals surface area contributed by atoms with Crippen molar-refractivity contribution in [2.45, 2.75) is 6.42 Å². The van der Waals surface area contributed by atoms with Crippen LogP contribution in [0.25, 0.3) is 0 Å². The number of hydrogen-bond acceptors (Lipinski definition) is 3. The van der Waals surface area contributed by atoms with Crippen molar-refractivity contribution in [3.05, 3.63) is 59.1 Å². The van der Waals surface area contributed by atoms with Crippen LogP contribution in [0.15, 0.2) is 48.5 Å². The van der Waals surface area contributed by atoms with Crippen LogP contribution >= 0.6 is 11.6 Å². The molecule has 2 amide bonds. The number of amides is 2. The minimum atomic E-state index is -0.344. The molecular formula is C18H14ClN3O2. The molecule has 6 heteroatoms. The zero-order valence-electron chi connectivity index (χ0n) is 12.6. The summed E-state index contributed by atoms with van der Waals surface area (Å²) < 4.78 is 0. The first kappa shape index (κ1) is 16.0. The van der Waals surface area contributed by atoms with Crippen LogP contribution in [0.4, 0.5) is 11.4 Å². The van der Waals surface area contributed by atoms with Crippen LogP contribution in [0.3, 0.4) is 0 Å². The van der Waals surface area contributed by atoms with Gasteiger partial charge in [-0.25, -0.2) is 0 Å². The van der Waals surface area contributed by atoms with Crippen LogP contribution in [-0.4, -0.2) is 11.8 Å². The Balaban J connectivity index is 1.56. The molecule has 3 rings (SSSR count). The lowest BCUT2D eigenvalue weighted by molar-refractivity contribution is -0.122. The first-order valence-electron chi connectivity index (χ1n) is 7.44. The number of benzene rings is 2. The van der Waals surface area contributed by atoms with Gasteiger partial charge in [-0.05, 0) is 48.9 Å². The highest BCUT2D eigenvalue weighted by molar-refractivity contribution is 6.30. The Morgan fingerprint density at radius 1 is 1.00 bits per heavy atom. The van der Waals surface area contributed by atoms with Gasteiger partial charge in [0.2, 0.25) is 11.8 Å². The standard InChI is InChI=1S/C18H14ClN3O2/c19-12-4-6-13(7-5-12)21-17(23)15-9-16(15)18(24)22-14-3-1-2-11(8-14)10-20/h1-8,15-16H,9H2,(H,21,23)(H,22,24). The van der Waals surface area contributed by atoms with Crippen molar-refractivity contribution in [3.8, 4) is 6.07 Å². The number of nitrogens with zero attached hydrogens (tertiary/aromatic N) is 1. The lowest BCUT2D eigenvalue weighted by atomic mass is 10.2. The van der Waals surface area contributed by atoms with Gasteiger partial charge in [0.05, 0.1) is 23.5 Å². The maximum absolute atomic E-state index is 12.2. The average Bonchev–Trinajstić information content (AvgIpc) is 3.38. The van der Waals surface area contributed by atoms with Gasteiger partial charge in [-0.1, -0.05) is 17.7 Å². The second kappa shape index (κ2) is 6.73. The first-order valence-corrected chi connectivity index (χ1v) is 7.82. The number of nitriles is 1. The third-order valence-electron chi connectivity index (χ3n) is 3.83. The quantitative estimate of drug-likeness (QED) is 0.895. The molecule has 1 aliphatic carbocycles. The topological polar surface area (TPSA) is 82.0 Å². The second-order valence-corrected chi connectivity index (χ2v) is 6.06. The number of anilines is 2. The highest BCUT2D eigenvalue weighted by atomic mass is 35.5. The molecule has 2 unspecified atom stereocenters. The van der Waals surface area contributed by atoms with Crippen molar-refractivity contribution in [2.75, 3.05) is 10.6 Å². The van der Waals surface area contributed by atoms with Gasteiger partial charge in [0.25, 0.3) is 0 Å². The van der Waals surface area contributed by atoms with Gasteiger partial charge in [0, 0.05) is 16.4 Å². The molecule has 1 saturated carbocycles. The highest BCUT2D eigenvalue weighted by Gasteiger charge is 2.48. The van der Waals surface area contributed by atoms with E-state index in [0.29, 0.717) is 28.4 Å². The van der Waals surface area contributed by atoms with E-state index >= 15 is 0 Å². The molecule has 1 aliphatic rings. The summed E-state index contributed by atoms with van der Waals surface area (Å²) in [6.07, 6.45) is 0.517. The van der Waals surface area contributed by atoms with Gasteiger partial charge in [-0.2, -0.15) is 5.26 Å². The Morgan fingerprint density at radius 2 is 1.62 bits per heavy atom. The summed E-state index contributed by atoms with van der Waals surface area (Å²) in [7, 11) is 0. The number of halogens is 1. The van der Waals surface area contributed by atoms with E-state index in [4.69, 9.17) is 16.9 Å². The van der Waals surface area contributed by atoms with Crippen LogP contribution in [0.1, 0.15) is 12.0 Å². The van der Waals surface area contributed by atoms with Crippen molar-refractivity contribution in [1.29, 1.82) is 5.26 Å². The van der Waals surface area contributed by atoms with E-state index in [0.717, 1.165) is 0 Å². The number of carbonyl (C=O) groups is 2. The summed E-state index contributed by atoms with van der Waals surface area (Å²) in [5, 5.41) is 15.0. The third kappa shape index (κ3) is 3.73. The lowest BCUT2D eigenvalue weighted by Gasteiger charge is -2.06. The monoisotopic (exact) mass is 339 g/mol. The summed E-state index contributed by atoms with van der Waals surface area (Å²) >= 11 is 5.80. The number of hydrogen-bond donors (Lipinski definition) is 2. The van der Waals surface area contributed by atoms with Crippen molar-refractivity contribution >= 4 is 34.8 Å². The van der Waals surface area contributed by atoms with Crippen LogP contribution in [-0.2, 0) is 9.59 Å². The SMILES string of the molecule is N#Cc1cccc(NC(=O)C2CC2C(=O)Nc2ccc(Cl)cc2)c1. The van der Waals surface area contributed by atoms with Gasteiger partial charge in [-0.3, -0.25) is 9.59 Å². The molecule has 0 bridgehead atoms. The minimum absolute atomic E-state index is 0.178. The van der Waals surface area contributed by atoms with Crippen molar-refractivity contribution in [3.63, 3.8) is 0 Å². The molecule has 1 fully saturated rings. The lowest BCUT2D eigenvalue weighted by Crippen LogP contribution is -2.20. The predicted molar refractivity (Wildman–Crippen MR) is 91.5 cm³/mol. The van der Waals surface area contributed by atoms with E-state index in [1.807, 2.05) is 6.07 Å². The summed E-state index contributed by atoms with van der Waals surface area (Å²) in [4.78, 5) is 24.4. The molecule has 2 atom stereocenters. The highest BCUT2D eigenvalue weighted by Crippen LogP contribution is 2.40. The smallest absolute Gasteiger partial charge is 0.228 e. The van der Waals surface area contributed by atoms with E-state index in [1.165, 1.54) is 0 Å². The fraction of sp³-hybridized carbons (Fsp3) is 0.167. The average molecular weight is 340 g/mol. The van der Waals surface area contributed by atoms with Crippen molar-refractivity contribution < 1.29 is 9.59 Å². The Kier molecular flexibility index (Phi) is 4.50. The Labute approximate surface area is 144 Å². The zero-order chi connectivity index (χ0) is 17.1. The van der Waals surface area contributed by atoms with Crippen LogP contribution in [0, 0.1) is 23.2 Å². The van der Waals surface area contributed by atoms with Gasteiger partial charge in [-0.15, -0.1) is 0 Å². The summed E-state index contributed by atoms with van der Waals surface area (Å²) in [6.45, 7) is 0. The van der Waals surface area contributed by atoms with Gasteiger partial charge in [0.15, 0.2) is 0 Å². The molecule has 0 heterocycles. The van der Waals surface area contributed by atoms with Crippen LogP contribution in [0.2, 0.25) is 5.02 Å². The van der Waals surface area contributed by atoms with Crippen molar-refractivity contribution in [1.82, 2.24) is 0 Å². The molecule has 0 saturated heterocycles. The third-order valence-corrected chi connectivity index (χ3v) is 4.09. The number of rotatable bonds is 4. The molecule has 0 radical (unpaired) electrons. The van der Waals surface area contributed by atoms with Gasteiger partial charge in [0.1, 0.15) is 0 Å². The van der Waals surface area contributed by atoms with Crippen molar-refractivity contribution in [2.24, 2.45) is 11.8 Å². The van der Waals surface area contributed by atoms with Crippen LogP contribution < -0.4 is 10.6 Å². The minimum Gasteiger partial charge on any atom is -0.326 e. The number of carbonyl (C=O) groups excluding carboxylic acids is 2. The Morgan fingerprint density at radius 3 is 2.25 bits per heavy atom. The fourth-order valence-electron chi connectivity index (χ4n) is 2.44. The maximum Gasteiger partial charge on any atom is 0.228 e. The first-order chi connectivity index (χ1) is 11.6. The number of nitrogens with one attached hydrogen (secondary N) is 2. The molecule has 0 aromatic heterocycles. The zero-order valence-corrected chi connectivity index (χ0v) is 13.4. The molecule has 5 nitrogen and oxygen atoms in total. The molecular weight excluding hydrogens is 326 g/mol. The normalized spacial score (nSPS) is 18.3. The summed E-state index contributed by atoms with van der Waals surface area (Å²) in [5.74, 6) is -1.06. The largest absolute Gasteiger partial charge is 0.326 e. The molecule has 120 valence electrons. The van der Waals surface area contributed by atoms with E-state index in [-0.39, 0.29) is 23.7 Å². The molecule has 24 heavy (non-hydrogen) atoms. The second-order valence-electron chi connectivity index (χ2n) is 5.63. The molecule has 0 spiro atoms. The Bertz CT molecular complexity index is 827. The van der Waals surface area contributed by atoms with Gasteiger partial charge >= 0.3 is 0 Å². The van der Waals surface area contributed by atoms with E-state index in [2.05, 4.69) is 10.6 Å². The van der Waals surface area contributed by atoms with E-state index < -0.39 is 0 Å². The molecule has 2 aromatic carbocycles. The van der Waals surface area contributed by atoms with E-state index in [1.54, 1.807) is 48.5 Å². The Hall–Kier alpha value is -2.84. The molecule has 2 aromatic rings. The van der Waals surface area contributed by atoms with E-state index in [9.17, 15) is 9.59 Å². The molecule has 2 N–H and O–H groups in total. The summed E-state index contributed by atoms with van der Waals surface area (Å²) in [5.41, 5.74) is 1.68.